The topological polar surface area (TPSA) is 102 Å². The van der Waals surface area contributed by atoms with Gasteiger partial charge in [0.1, 0.15) is 10.6 Å². The number of rotatable bonds is 8. The van der Waals surface area contributed by atoms with E-state index in [1.165, 1.54) is 19.2 Å². The quantitative estimate of drug-likeness (QED) is 0.596. The fourth-order valence-corrected chi connectivity index (χ4v) is 3.48. The average Bonchev–Trinajstić information content (AvgIpc) is 2.45. The summed E-state index contributed by atoms with van der Waals surface area (Å²) in [6, 6.07) is 2.88. The van der Waals surface area contributed by atoms with Crippen LogP contribution in [0, 0.1) is 5.92 Å². The molecule has 1 rings (SSSR count). The van der Waals surface area contributed by atoms with Crippen molar-refractivity contribution in [1.29, 1.82) is 0 Å². The Morgan fingerprint density at radius 3 is 2.67 bits per heavy atom. The molecule has 1 unspecified atom stereocenters. The lowest BCUT2D eigenvalue weighted by Gasteiger charge is -2.16. The minimum absolute atomic E-state index is 0.00421. The number of hydrogen-bond donors (Lipinski definition) is 3. The molecule has 0 aliphatic carbocycles. The van der Waals surface area contributed by atoms with E-state index in [2.05, 4.69) is 20.7 Å². The van der Waals surface area contributed by atoms with Crippen LogP contribution < -0.4 is 15.2 Å². The maximum absolute atomic E-state index is 12.4. The third kappa shape index (κ3) is 4.84. The number of nitrogens with one attached hydrogen (secondary N) is 1. The third-order valence-electron chi connectivity index (χ3n) is 3.25. The van der Waals surface area contributed by atoms with Gasteiger partial charge in [0.2, 0.25) is 10.0 Å². The molecule has 1 atom stereocenters. The third-order valence-corrected chi connectivity index (χ3v) is 5.38. The molecule has 0 aliphatic heterocycles. The summed E-state index contributed by atoms with van der Waals surface area (Å²) < 4.78 is 33.0. The number of ether oxygens (including phenoxy) is 1. The van der Waals surface area contributed by atoms with Crippen molar-refractivity contribution >= 4 is 31.6 Å². The Kier molecular flexibility index (Phi) is 6.92. The summed E-state index contributed by atoms with van der Waals surface area (Å²) >= 11 is 3.23. The van der Waals surface area contributed by atoms with Crippen molar-refractivity contribution < 1.29 is 18.3 Å². The molecule has 0 bridgehead atoms. The molecule has 120 valence electrons. The van der Waals surface area contributed by atoms with Gasteiger partial charge in [-0.1, -0.05) is 13.3 Å². The van der Waals surface area contributed by atoms with Gasteiger partial charge in [-0.05, 0) is 40.4 Å². The molecule has 4 N–H and O–H groups in total. The fraction of sp³-hybridized carbons (Fsp3) is 0.538. The summed E-state index contributed by atoms with van der Waals surface area (Å²) in [6.07, 6.45) is 1.33. The molecule has 6 nitrogen and oxygen atoms in total. The van der Waals surface area contributed by atoms with E-state index in [0.717, 1.165) is 6.42 Å². The lowest BCUT2D eigenvalue weighted by molar-refractivity contribution is 0.254. The average molecular weight is 381 g/mol. The van der Waals surface area contributed by atoms with Gasteiger partial charge in [0, 0.05) is 23.3 Å². The highest BCUT2D eigenvalue weighted by Gasteiger charge is 2.22. The van der Waals surface area contributed by atoms with E-state index in [0.29, 0.717) is 16.6 Å². The largest absolute Gasteiger partial charge is 0.495 e. The van der Waals surface area contributed by atoms with E-state index in [9.17, 15) is 8.42 Å². The Labute approximate surface area is 133 Å². The van der Waals surface area contributed by atoms with E-state index >= 15 is 0 Å². The van der Waals surface area contributed by atoms with Crippen molar-refractivity contribution in [2.45, 2.75) is 24.7 Å². The minimum Gasteiger partial charge on any atom is -0.495 e. The highest BCUT2D eigenvalue weighted by atomic mass is 79.9. The molecule has 0 aliphatic rings. The van der Waals surface area contributed by atoms with Crippen LogP contribution in [0.5, 0.6) is 5.75 Å². The molecule has 0 radical (unpaired) electrons. The van der Waals surface area contributed by atoms with Crippen molar-refractivity contribution in [1.82, 2.24) is 4.72 Å². The molecule has 1 aromatic rings. The van der Waals surface area contributed by atoms with Crippen LogP contribution in [0.25, 0.3) is 0 Å². The minimum atomic E-state index is -3.72. The van der Waals surface area contributed by atoms with Crippen molar-refractivity contribution in [2.75, 3.05) is 26.0 Å². The van der Waals surface area contributed by atoms with E-state index in [4.69, 9.17) is 15.6 Å². The lowest BCUT2D eigenvalue weighted by atomic mass is 10.0. The molecule has 0 spiro atoms. The van der Waals surface area contributed by atoms with Crippen LogP contribution in [0.3, 0.4) is 0 Å². The molecule has 0 heterocycles. The van der Waals surface area contributed by atoms with Gasteiger partial charge in [0.25, 0.3) is 0 Å². The first-order valence-electron chi connectivity index (χ1n) is 6.59. The predicted molar refractivity (Wildman–Crippen MR) is 85.8 cm³/mol. The van der Waals surface area contributed by atoms with E-state index in [1.54, 1.807) is 0 Å². The lowest BCUT2D eigenvalue weighted by Crippen LogP contribution is -2.30. The number of methoxy groups -OCH3 is 1. The Bertz CT molecular complexity index is 578. The maximum atomic E-state index is 12.4. The fourth-order valence-electron chi connectivity index (χ4n) is 1.86. The van der Waals surface area contributed by atoms with Gasteiger partial charge in [-0.15, -0.1) is 0 Å². The van der Waals surface area contributed by atoms with Crippen molar-refractivity contribution in [3.05, 3.63) is 16.6 Å². The SMILES string of the molecule is CCC(CCO)CNS(=O)(=O)c1cc(N)c(Br)cc1OC. The Balaban J connectivity index is 3.00. The van der Waals surface area contributed by atoms with Crippen molar-refractivity contribution in [3.8, 4) is 5.75 Å². The van der Waals surface area contributed by atoms with Crippen LogP contribution in [0.4, 0.5) is 5.69 Å². The smallest absolute Gasteiger partial charge is 0.244 e. The molecule has 0 aromatic heterocycles. The standard InChI is InChI=1S/C13H21BrN2O4S/c1-3-9(4-5-17)8-16-21(18,19)13-7-11(15)10(14)6-12(13)20-2/h6-7,9,16-17H,3-5,8,15H2,1-2H3. The second-order valence-electron chi connectivity index (χ2n) is 4.66. The van der Waals surface area contributed by atoms with Crippen LogP contribution in [-0.2, 0) is 10.0 Å². The number of aliphatic hydroxyl groups excluding tert-OH is 1. The van der Waals surface area contributed by atoms with Gasteiger partial charge in [0.05, 0.1) is 7.11 Å². The molecule has 0 saturated carbocycles. The number of nitrogen functional groups attached to an aromatic ring is 1. The zero-order valence-corrected chi connectivity index (χ0v) is 14.5. The molecule has 0 fully saturated rings. The summed E-state index contributed by atoms with van der Waals surface area (Å²) in [5.41, 5.74) is 6.06. The van der Waals surface area contributed by atoms with E-state index in [1.807, 2.05) is 6.92 Å². The van der Waals surface area contributed by atoms with Crippen LogP contribution in [0.1, 0.15) is 19.8 Å². The van der Waals surface area contributed by atoms with Crippen LogP contribution >= 0.6 is 15.9 Å². The normalized spacial score (nSPS) is 13.1. The van der Waals surface area contributed by atoms with Gasteiger partial charge in [-0.25, -0.2) is 13.1 Å². The van der Waals surface area contributed by atoms with Crippen molar-refractivity contribution in [2.24, 2.45) is 5.92 Å². The van der Waals surface area contributed by atoms with Crippen LogP contribution in [0.15, 0.2) is 21.5 Å². The Morgan fingerprint density at radius 2 is 2.14 bits per heavy atom. The predicted octanol–water partition coefficient (Wildman–Crippen LogP) is 1.73. The van der Waals surface area contributed by atoms with Gasteiger partial charge >= 0.3 is 0 Å². The van der Waals surface area contributed by atoms with Crippen LogP contribution in [0.2, 0.25) is 0 Å². The maximum Gasteiger partial charge on any atom is 0.244 e. The first kappa shape index (κ1) is 18.2. The summed E-state index contributed by atoms with van der Waals surface area (Å²) in [5, 5.41) is 8.94. The number of anilines is 1. The summed E-state index contributed by atoms with van der Waals surface area (Å²) in [7, 11) is -2.32. The zero-order valence-electron chi connectivity index (χ0n) is 12.1. The molecule has 0 saturated heterocycles. The van der Waals surface area contributed by atoms with Gasteiger partial charge in [0.15, 0.2) is 0 Å². The number of sulfonamides is 1. The number of hydrogen-bond acceptors (Lipinski definition) is 5. The Morgan fingerprint density at radius 1 is 1.48 bits per heavy atom. The molecular weight excluding hydrogens is 360 g/mol. The monoisotopic (exact) mass is 380 g/mol. The number of aliphatic hydroxyl groups is 1. The van der Waals surface area contributed by atoms with Gasteiger partial charge in [-0.2, -0.15) is 0 Å². The van der Waals surface area contributed by atoms with Crippen molar-refractivity contribution in [3.63, 3.8) is 0 Å². The first-order valence-corrected chi connectivity index (χ1v) is 8.86. The molecule has 1 aromatic carbocycles. The summed E-state index contributed by atoms with van der Waals surface area (Å²) in [5.74, 6) is 0.308. The molecule has 21 heavy (non-hydrogen) atoms. The number of nitrogens with two attached hydrogens (primary N) is 1. The van der Waals surface area contributed by atoms with Gasteiger partial charge < -0.3 is 15.6 Å². The molecular formula is C13H21BrN2O4S. The molecule has 0 amide bonds. The second-order valence-corrected chi connectivity index (χ2v) is 7.25. The second kappa shape index (κ2) is 7.98. The first-order chi connectivity index (χ1) is 9.85. The van der Waals surface area contributed by atoms with E-state index < -0.39 is 10.0 Å². The highest BCUT2D eigenvalue weighted by Crippen LogP contribution is 2.32. The van der Waals surface area contributed by atoms with Gasteiger partial charge in [-0.3, -0.25) is 0 Å². The molecule has 8 heteroatoms. The zero-order chi connectivity index (χ0) is 16.0. The van der Waals surface area contributed by atoms with E-state index in [-0.39, 0.29) is 29.7 Å². The summed E-state index contributed by atoms with van der Waals surface area (Å²) in [4.78, 5) is 0.00421. The van der Waals surface area contributed by atoms with Crippen LogP contribution in [-0.4, -0.2) is 33.8 Å². The highest BCUT2D eigenvalue weighted by molar-refractivity contribution is 9.10. The Hall–Kier alpha value is -0.830. The number of halogens is 1. The number of benzene rings is 1. The summed E-state index contributed by atoms with van der Waals surface area (Å²) in [6.45, 7) is 2.25.